The Balaban J connectivity index is 2.51. The van der Waals surface area contributed by atoms with E-state index >= 15 is 0 Å². The lowest BCUT2D eigenvalue weighted by Gasteiger charge is -2.16. The molecule has 0 aliphatic heterocycles. The standard InChI is InChI=1S/C16H19NO2S/c1-10-6-5-7-11(8-10)15-17-14(16(2,3)4)12(20-15)9-13(18)19/h5-8H,9H2,1-4H3,(H,18,19). The van der Waals surface area contributed by atoms with E-state index < -0.39 is 5.97 Å². The van der Waals surface area contributed by atoms with Gasteiger partial charge in [-0.3, -0.25) is 4.79 Å². The van der Waals surface area contributed by atoms with Gasteiger partial charge in [-0.15, -0.1) is 11.3 Å². The Hall–Kier alpha value is -1.68. The first-order valence-electron chi connectivity index (χ1n) is 6.56. The van der Waals surface area contributed by atoms with E-state index in [-0.39, 0.29) is 11.8 Å². The topological polar surface area (TPSA) is 50.2 Å². The number of hydrogen-bond donors (Lipinski definition) is 1. The zero-order valence-corrected chi connectivity index (χ0v) is 13.0. The van der Waals surface area contributed by atoms with E-state index in [1.54, 1.807) is 0 Å². The van der Waals surface area contributed by atoms with Crippen LogP contribution in [0, 0.1) is 6.92 Å². The minimum atomic E-state index is -0.810. The quantitative estimate of drug-likeness (QED) is 0.927. The lowest BCUT2D eigenvalue weighted by molar-refractivity contribution is -0.136. The molecular formula is C16H19NO2S. The van der Waals surface area contributed by atoms with Gasteiger partial charge in [0.15, 0.2) is 0 Å². The van der Waals surface area contributed by atoms with E-state index in [0.29, 0.717) is 0 Å². The molecule has 0 bridgehead atoms. The molecule has 0 saturated carbocycles. The molecule has 1 aromatic carbocycles. The number of aliphatic carboxylic acids is 1. The summed E-state index contributed by atoms with van der Waals surface area (Å²) in [7, 11) is 0. The van der Waals surface area contributed by atoms with Crippen LogP contribution in [0.5, 0.6) is 0 Å². The normalized spacial score (nSPS) is 11.6. The van der Waals surface area contributed by atoms with Crippen molar-refractivity contribution in [2.24, 2.45) is 0 Å². The van der Waals surface area contributed by atoms with Crippen LogP contribution in [0.2, 0.25) is 0 Å². The molecule has 0 atom stereocenters. The number of benzene rings is 1. The van der Waals surface area contributed by atoms with Gasteiger partial charge in [0.05, 0.1) is 12.1 Å². The molecule has 1 heterocycles. The summed E-state index contributed by atoms with van der Waals surface area (Å²) >= 11 is 1.48. The molecule has 1 N–H and O–H groups in total. The summed E-state index contributed by atoms with van der Waals surface area (Å²) in [6, 6.07) is 8.14. The fraction of sp³-hybridized carbons (Fsp3) is 0.375. The molecular weight excluding hydrogens is 270 g/mol. The number of carboxylic acids is 1. The number of hydrogen-bond acceptors (Lipinski definition) is 3. The van der Waals surface area contributed by atoms with Crippen LogP contribution in [0.25, 0.3) is 10.6 Å². The van der Waals surface area contributed by atoms with Gasteiger partial charge in [0.2, 0.25) is 0 Å². The van der Waals surface area contributed by atoms with Crippen LogP contribution < -0.4 is 0 Å². The van der Waals surface area contributed by atoms with E-state index in [4.69, 9.17) is 10.1 Å². The zero-order valence-electron chi connectivity index (χ0n) is 12.2. The van der Waals surface area contributed by atoms with Gasteiger partial charge in [0, 0.05) is 15.9 Å². The number of aryl methyl sites for hydroxylation is 1. The van der Waals surface area contributed by atoms with Crippen LogP contribution >= 0.6 is 11.3 Å². The van der Waals surface area contributed by atoms with Crippen LogP contribution in [0.1, 0.15) is 36.9 Å². The Morgan fingerprint density at radius 1 is 1.35 bits per heavy atom. The molecule has 0 amide bonds. The summed E-state index contributed by atoms with van der Waals surface area (Å²) in [6.07, 6.45) is 0.0378. The third-order valence-corrected chi connectivity index (χ3v) is 4.09. The number of rotatable bonds is 3. The fourth-order valence-electron chi connectivity index (χ4n) is 2.10. The summed E-state index contributed by atoms with van der Waals surface area (Å²) in [5.74, 6) is -0.810. The Morgan fingerprint density at radius 3 is 2.60 bits per heavy atom. The highest BCUT2D eigenvalue weighted by Crippen LogP contribution is 2.35. The van der Waals surface area contributed by atoms with Gasteiger partial charge in [-0.05, 0) is 13.0 Å². The van der Waals surface area contributed by atoms with Crippen LogP contribution in [-0.4, -0.2) is 16.1 Å². The van der Waals surface area contributed by atoms with E-state index in [1.807, 2.05) is 25.1 Å². The monoisotopic (exact) mass is 289 g/mol. The molecule has 0 aliphatic rings. The van der Waals surface area contributed by atoms with Crippen molar-refractivity contribution in [3.05, 3.63) is 40.4 Å². The van der Waals surface area contributed by atoms with Crippen molar-refractivity contribution in [2.75, 3.05) is 0 Å². The number of carboxylic acid groups (broad SMARTS) is 1. The van der Waals surface area contributed by atoms with Gasteiger partial charge < -0.3 is 5.11 Å². The fourth-order valence-corrected chi connectivity index (χ4v) is 3.36. The molecule has 106 valence electrons. The highest BCUT2D eigenvalue weighted by Gasteiger charge is 2.24. The predicted octanol–water partition coefficient (Wildman–Crippen LogP) is 4.04. The van der Waals surface area contributed by atoms with Crippen LogP contribution in [0.4, 0.5) is 0 Å². The number of aromatic nitrogens is 1. The first kappa shape index (κ1) is 14.7. The smallest absolute Gasteiger partial charge is 0.308 e. The first-order valence-corrected chi connectivity index (χ1v) is 7.38. The van der Waals surface area contributed by atoms with E-state index in [2.05, 4.69) is 26.8 Å². The Kier molecular flexibility index (Phi) is 3.95. The molecule has 2 aromatic rings. The summed E-state index contributed by atoms with van der Waals surface area (Å²) in [5.41, 5.74) is 2.97. The lowest BCUT2D eigenvalue weighted by atomic mass is 9.91. The Labute approximate surface area is 123 Å². The van der Waals surface area contributed by atoms with Crippen molar-refractivity contribution in [3.63, 3.8) is 0 Å². The molecule has 1 aromatic heterocycles. The molecule has 3 nitrogen and oxygen atoms in total. The van der Waals surface area contributed by atoms with Gasteiger partial charge in [-0.2, -0.15) is 0 Å². The minimum absolute atomic E-state index is 0.0378. The van der Waals surface area contributed by atoms with Gasteiger partial charge in [0.1, 0.15) is 5.01 Å². The van der Waals surface area contributed by atoms with Crippen molar-refractivity contribution in [3.8, 4) is 10.6 Å². The molecule has 0 spiro atoms. The van der Waals surface area contributed by atoms with Crippen molar-refractivity contribution in [2.45, 2.75) is 39.5 Å². The SMILES string of the molecule is Cc1cccc(-c2nc(C(C)(C)C)c(CC(=O)O)s2)c1. The molecule has 2 rings (SSSR count). The maximum absolute atomic E-state index is 11.0. The molecule has 0 saturated heterocycles. The third kappa shape index (κ3) is 3.25. The second-order valence-corrected chi connectivity index (χ2v) is 7.06. The van der Waals surface area contributed by atoms with E-state index in [0.717, 1.165) is 21.1 Å². The summed E-state index contributed by atoms with van der Waals surface area (Å²) in [5, 5.41) is 9.96. The maximum atomic E-state index is 11.0. The van der Waals surface area contributed by atoms with Gasteiger partial charge in [0.25, 0.3) is 0 Å². The van der Waals surface area contributed by atoms with Gasteiger partial charge in [-0.25, -0.2) is 4.98 Å². The van der Waals surface area contributed by atoms with Gasteiger partial charge >= 0.3 is 5.97 Å². The third-order valence-electron chi connectivity index (χ3n) is 2.98. The van der Waals surface area contributed by atoms with Crippen LogP contribution in [0.3, 0.4) is 0 Å². The van der Waals surface area contributed by atoms with Gasteiger partial charge in [-0.1, -0.05) is 44.5 Å². The van der Waals surface area contributed by atoms with Crippen molar-refractivity contribution >= 4 is 17.3 Å². The predicted molar refractivity (Wildman–Crippen MR) is 82.3 cm³/mol. The van der Waals surface area contributed by atoms with Crippen molar-refractivity contribution in [1.82, 2.24) is 4.98 Å². The number of thiazole rings is 1. The Morgan fingerprint density at radius 2 is 2.05 bits per heavy atom. The number of nitrogens with zero attached hydrogens (tertiary/aromatic N) is 1. The van der Waals surface area contributed by atoms with Crippen LogP contribution in [0.15, 0.2) is 24.3 Å². The minimum Gasteiger partial charge on any atom is -0.481 e. The molecule has 0 aliphatic carbocycles. The molecule has 0 fully saturated rings. The van der Waals surface area contributed by atoms with Crippen molar-refractivity contribution < 1.29 is 9.90 Å². The lowest BCUT2D eigenvalue weighted by Crippen LogP contribution is -2.15. The van der Waals surface area contributed by atoms with E-state index in [9.17, 15) is 4.79 Å². The molecule has 20 heavy (non-hydrogen) atoms. The molecule has 4 heteroatoms. The van der Waals surface area contributed by atoms with E-state index in [1.165, 1.54) is 16.9 Å². The average Bonchev–Trinajstić information content (AvgIpc) is 2.71. The molecule has 0 unspecified atom stereocenters. The largest absolute Gasteiger partial charge is 0.481 e. The zero-order chi connectivity index (χ0) is 14.9. The summed E-state index contributed by atoms with van der Waals surface area (Å²) in [4.78, 5) is 16.6. The average molecular weight is 289 g/mol. The highest BCUT2D eigenvalue weighted by atomic mass is 32.1. The highest BCUT2D eigenvalue weighted by molar-refractivity contribution is 7.15. The first-order chi connectivity index (χ1) is 9.27. The summed E-state index contributed by atoms with van der Waals surface area (Å²) in [6.45, 7) is 8.23. The summed E-state index contributed by atoms with van der Waals surface area (Å²) < 4.78 is 0. The molecule has 0 radical (unpaired) electrons. The van der Waals surface area contributed by atoms with Crippen molar-refractivity contribution in [1.29, 1.82) is 0 Å². The second-order valence-electron chi connectivity index (χ2n) is 5.98. The Bertz CT molecular complexity index is 638. The number of carbonyl (C=O) groups is 1. The second kappa shape index (κ2) is 5.37. The maximum Gasteiger partial charge on any atom is 0.308 e. The van der Waals surface area contributed by atoms with Crippen LogP contribution in [-0.2, 0) is 16.6 Å².